The van der Waals surface area contributed by atoms with Crippen LogP contribution in [0.5, 0.6) is 0 Å². The maximum Gasteiger partial charge on any atom is 0.335 e. The number of unbranched alkanes of at least 4 members (excludes halogenated alkanes) is 39. The predicted molar refractivity (Wildman–Crippen MR) is 304 cm³/mol. The van der Waals surface area contributed by atoms with Crippen molar-refractivity contribution in [3.05, 3.63) is 12.2 Å². The van der Waals surface area contributed by atoms with Gasteiger partial charge < -0.3 is 39.0 Å². The summed E-state index contributed by atoms with van der Waals surface area (Å²) in [6.45, 7) is 6.02. The fourth-order valence-corrected chi connectivity index (χ4v) is 9.95. The third-order valence-electron chi connectivity index (χ3n) is 14.8. The average molecular weight is 1070 g/mol. The van der Waals surface area contributed by atoms with E-state index in [1.807, 2.05) is 0 Å². The van der Waals surface area contributed by atoms with Gasteiger partial charge in [0.05, 0.1) is 6.61 Å². The molecule has 12 nitrogen and oxygen atoms in total. The Hall–Kier alpha value is -2.54. The first-order valence-corrected chi connectivity index (χ1v) is 31.7. The Morgan fingerprint density at radius 3 is 1.13 bits per heavy atom. The van der Waals surface area contributed by atoms with Crippen LogP contribution in [-0.4, -0.2) is 89.2 Å². The molecule has 0 radical (unpaired) electrons. The largest absolute Gasteiger partial charge is 0.479 e. The molecule has 6 unspecified atom stereocenters. The van der Waals surface area contributed by atoms with Crippen LogP contribution in [0.25, 0.3) is 0 Å². The molecular formula is C63H116O12. The maximum atomic E-state index is 13.1. The first-order chi connectivity index (χ1) is 36.6. The lowest BCUT2D eigenvalue weighted by Crippen LogP contribution is -2.61. The molecule has 1 rings (SSSR count). The second kappa shape index (κ2) is 52.2. The lowest BCUT2D eigenvalue weighted by Gasteiger charge is -2.40. The molecule has 6 atom stereocenters. The Morgan fingerprint density at radius 2 is 0.760 bits per heavy atom. The first kappa shape index (κ1) is 70.5. The number of esters is 3. The van der Waals surface area contributed by atoms with E-state index in [4.69, 9.17) is 23.7 Å². The number of hydrogen-bond donors (Lipinski definition) is 3. The van der Waals surface area contributed by atoms with Crippen LogP contribution in [0.2, 0.25) is 0 Å². The molecule has 1 aliphatic rings. The van der Waals surface area contributed by atoms with Gasteiger partial charge in [-0.15, -0.1) is 0 Å². The molecule has 0 aromatic carbocycles. The van der Waals surface area contributed by atoms with Gasteiger partial charge in [-0.3, -0.25) is 14.4 Å². The SMILES string of the molecule is CCCCCCCC/C=C\CCCCCCCC(=O)OC1C(OCC(COC(=O)CCCCCCCCCCCCCCCCCCCCC)OC(=O)CCCCCCCCCCCCC)OC(C(=O)O)C(O)C1O. The Labute approximate surface area is 458 Å². The highest BCUT2D eigenvalue weighted by Gasteiger charge is 2.50. The highest BCUT2D eigenvalue weighted by atomic mass is 16.7. The van der Waals surface area contributed by atoms with Crippen LogP contribution in [0, 0.1) is 0 Å². The van der Waals surface area contributed by atoms with Crippen molar-refractivity contribution in [3.8, 4) is 0 Å². The molecule has 0 spiro atoms. The van der Waals surface area contributed by atoms with Gasteiger partial charge in [-0.05, 0) is 44.9 Å². The molecule has 1 fully saturated rings. The topological polar surface area (TPSA) is 175 Å². The van der Waals surface area contributed by atoms with Gasteiger partial charge in [0, 0.05) is 19.3 Å². The minimum Gasteiger partial charge on any atom is -0.479 e. The minimum absolute atomic E-state index is 0.0568. The zero-order valence-corrected chi connectivity index (χ0v) is 48.6. The number of rotatable bonds is 55. The number of allylic oxidation sites excluding steroid dienone is 2. The van der Waals surface area contributed by atoms with E-state index < -0.39 is 67.3 Å². The molecule has 0 aliphatic carbocycles. The van der Waals surface area contributed by atoms with Crippen molar-refractivity contribution < 1.29 is 58.2 Å². The highest BCUT2D eigenvalue weighted by molar-refractivity contribution is 5.74. The quantitative estimate of drug-likeness (QED) is 0.0228. The van der Waals surface area contributed by atoms with Gasteiger partial charge in [-0.25, -0.2) is 4.79 Å². The summed E-state index contributed by atoms with van der Waals surface area (Å²) >= 11 is 0. The third kappa shape index (κ3) is 42.1. The number of aliphatic carboxylic acids is 1. The fourth-order valence-electron chi connectivity index (χ4n) is 9.95. The van der Waals surface area contributed by atoms with Gasteiger partial charge in [0.25, 0.3) is 0 Å². The number of carbonyl (C=O) groups is 4. The van der Waals surface area contributed by atoms with Crippen LogP contribution >= 0.6 is 0 Å². The summed E-state index contributed by atoms with van der Waals surface area (Å²) < 4.78 is 28.5. The molecule has 1 saturated heterocycles. The zero-order valence-electron chi connectivity index (χ0n) is 48.6. The zero-order chi connectivity index (χ0) is 54.7. The van der Waals surface area contributed by atoms with Crippen molar-refractivity contribution in [1.29, 1.82) is 0 Å². The van der Waals surface area contributed by atoms with E-state index in [-0.39, 0.29) is 25.9 Å². The van der Waals surface area contributed by atoms with Crippen LogP contribution in [0.3, 0.4) is 0 Å². The Morgan fingerprint density at radius 1 is 0.427 bits per heavy atom. The number of carboxylic acids is 1. The van der Waals surface area contributed by atoms with E-state index >= 15 is 0 Å². The summed E-state index contributed by atoms with van der Waals surface area (Å²) in [4.78, 5) is 51.1. The van der Waals surface area contributed by atoms with Gasteiger partial charge in [-0.1, -0.05) is 264 Å². The molecule has 440 valence electrons. The molecule has 0 bridgehead atoms. The number of aliphatic hydroxyl groups excluding tert-OH is 2. The Bertz CT molecular complexity index is 1360. The van der Waals surface area contributed by atoms with Crippen LogP contribution in [-0.2, 0) is 42.9 Å². The van der Waals surface area contributed by atoms with Crippen molar-refractivity contribution in [3.63, 3.8) is 0 Å². The number of aliphatic hydroxyl groups is 2. The van der Waals surface area contributed by atoms with Gasteiger partial charge in [0.2, 0.25) is 0 Å². The Balaban J connectivity index is 2.61. The molecule has 1 heterocycles. The minimum atomic E-state index is -1.90. The summed E-state index contributed by atoms with van der Waals surface area (Å²) in [5.74, 6) is -3.09. The molecule has 1 aliphatic heterocycles. The third-order valence-corrected chi connectivity index (χ3v) is 14.8. The smallest absolute Gasteiger partial charge is 0.335 e. The van der Waals surface area contributed by atoms with Crippen molar-refractivity contribution in [1.82, 2.24) is 0 Å². The normalized spacial score (nSPS) is 18.1. The van der Waals surface area contributed by atoms with E-state index in [9.17, 15) is 34.5 Å². The van der Waals surface area contributed by atoms with Gasteiger partial charge in [0.15, 0.2) is 24.6 Å². The first-order valence-electron chi connectivity index (χ1n) is 31.7. The van der Waals surface area contributed by atoms with E-state index in [2.05, 4.69) is 32.9 Å². The molecule has 0 aromatic rings. The average Bonchev–Trinajstić information content (AvgIpc) is 3.39. The van der Waals surface area contributed by atoms with E-state index in [0.29, 0.717) is 19.3 Å². The van der Waals surface area contributed by atoms with Crippen molar-refractivity contribution >= 4 is 23.9 Å². The Kier molecular flexibility index (Phi) is 49.0. The molecule has 0 aromatic heterocycles. The predicted octanol–water partition coefficient (Wildman–Crippen LogP) is 16.5. The molecule has 0 saturated carbocycles. The molecule has 0 amide bonds. The standard InChI is InChI=1S/C63H116O12/c1-4-7-10-13-16-19-22-24-26-27-28-29-31-32-35-37-40-43-46-49-55(64)71-52-54(73-56(65)50-47-44-41-38-34-21-18-15-12-9-6-3)53-72-63-61(59(68)58(67)60(75-63)62(69)70)74-57(66)51-48-45-42-39-36-33-30-25-23-20-17-14-11-8-5-2/h25,30,54,58-61,63,67-68H,4-24,26-29,31-53H2,1-3H3,(H,69,70)/b30-25-. The summed E-state index contributed by atoms with van der Waals surface area (Å²) in [5.41, 5.74) is 0. The van der Waals surface area contributed by atoms with Crippen molar-refractivity contribution in [2.45, 2.75) is 353 Å². The lowest BCUT2D eigenvalue weighted by atomic mass is 9.98. The van der Waals surface area contributed by atoms with Crippen LogP contribution in [0.4, 0.5) is 0 Å². The summed E-state index contributed by atoms with van der Waals surface area (Å²) in [5, 5.41) is 31.5. The number of hydrogen-bond acceptors (Lipinski definition) is 11. The fraction of sp³-hybridized carbons (Fsp3) is 0.905. The highest BCUT2D eigenvalue weighted by Crippen LogP contribution is 2.27. The van der Waals surface area contributed by atoms with Crippen molar-refractivity contribution in [2.75, 3.05) is 13.2 Å². The van der Waals surface area contributed by atoms with E-state index in [1.54, 1.807) is 0 Å². The molecule has 75 heavy (non-hydrogen) atoms. The number of carbonyl (C=O) groups excluding carboxylic acids is 3. The summed E-state index contributed by atoms with van der Waals surface area (Å²) in [7, 11) is 0. The molecule has 12 heteroatoms. The second-order valence-electron chi connectivity index (χ2n) is 22.1. The molecular weight excluding hydrogens is 949 g/mol. The molecule has 3 N–H and O–H groups in total. The van der Waals surface area contributed by atoms with Gasteiger partial charge in [0.1, 0.15) is 18.8 Å². The van der Waals surface area contributed by atoms with Crippen LogP contribution in [0.15, 0.2) is 12.2 Å². The number of carboxylic acid groups (broad SMARTS) is 1. The summed E-state index contributed by atoms with van der Waals surface area (Å²) in [6, 6.07) is 0. The maximum absolute atomic E-state index is 13.1. The van der Waals surface area contributed by atoms with Crippen LogP contribution < -0.4 is 0 Å². The lowest BCUT2D eigenvalue weighted by molar-refractivity contribution is -0.301. The van der Waals surface area contributed by atoms with Crippen molar-refractivity contribution in [2.24, 2.45) is 0 Å². The monoisotopic (exact) mass is 1060 g/mol. The summed E-state index contributed by atoms with van der Waals surface area (Å²) in [6.07, 6.45) is 46.1. The number of ether oxygens (including phenoxy) is 5. The second-order valence-corrected chi connectivity index (χ2v) is 22.1. The van der Waals surface area contributed by atoms with E-state index in [1.165, 1.54) is 180 Å². The van der Waals surface area contributed by atoms with Gasteiger partial charge in [-0.2, -0.15) is 0 Å². The van der Waals surface area contributed by atoms with Crippen LogP contribution in [0.1, 0.15) is 316 Å². The van der Waals surface area contributed by atoms with Gasteiger partial charge >= 0.3 is 23.9 Å². The van der Waals surface area contributed by atoms with E-state index in [0.717, 1.165) is 77.0 Å².